The SMILES string of the molecule is O=C(CCn1ccc(=O)[nH]c1=O)N1CCN(c2cc3c(nn2)CCCC3)CC1. The molecule has 0 saturated carbocycles. The summed E-state index contributed by atoms with van der Waals surface area (Å²) in [5.74, 6) is 0.904. The number of nitrogens with one attached hydrogen (secondary N) is 1. The fourth-order valence-electron chi connectivity index (χ4n) is 3.81. The number of carbonyl (C=O) groups is 1. The molecule has 2 aliphatic rings. The van der Waals surface area contributed by atoms with Gasteiger partial charge >= 0.3 is 5.69 Å². The lowest BCUT2D eigenvalue weighted by Crippen LogP contribution is -2.49. The highest BCUT2D eigenvalue weighted by Gasteiger charge is 2.23. The first kappa shape index (κ1) is 18.4. The molecule has 148 valence electrons. The van der Waals surface area contributed by atoms with E-state index in [-0.39, 0.29) is 18.9 Å². The van der Waals surface area contributed by atoms with Gasteiger partial charge in [-0.1, -0.05) is 0 Å². The molecule has 2 aromatic rings. The predicted octanol–water partition coefficient (Wildman–Crippen LogP) is -0.0557. The van der Waals surface area contributed by atoms with Gasteiger partial charge in [0.2, 0.25) is 5.91 Å². The van der Waals surface area contributed by atoms with Crippen molar-refractivity contribution in [3.63, 3.8) is 0 Å². The Morgan fingerprint density at radius 1 is 1.07 bits per heavy atom. The molecule has 0 spiro atoms. The van der Waals surface area contributed by atoms with Crippen molar-refractivity contribution in [3.8, 4) is 0 Å². The maximum absolute atomic E-state index is 12.5. The van der Waals surface area contributed by atoms with Gasteiger partial charge in [-0.3, -0.25) is 14.6 Å². The van der Waals surface area contributed by atoms with E-state index in [4.69, 9.17) is 0 Å². The summed E-state index contributed by atoms with van der Waals surface area (Å²) in [4.78, 5) is 41.5. The van der Waals surface area contributed by atoms with Crippen LogP contribution in [-0.2, 0) is 24.2 Å². The first-order valence-corrected chi connectivity index (χ1v) is 9.78. The van der Waals surface area contributed by atoms with Gasteiger partial charge in [0.25, 0.3) is 5.56 Å². The number of hydrogen-bond acceptors (Lipinski definition) is 6. The monoisotopic (exact) mass is 384 g/mol. The van der Waals surface area contributed by atoms with Crippen molar-refractivity contribution in [2.75, 3.05) is 31.1 Å². The van der Waals surface area contributed by atoms with Crippen molar-refractivity contribution in [1.82, 2.24) is 24.6 Å². The fourth-order valence-corrected chi connectivity index (χ4v) is 3.81. The summed E-state index contributed by atoms with van der Waals surface area (Å²) >= 11 is 0. The van der Waals surface area contributed by atoms with Gasteiger partial charge in [0.1, 0.15) is 0 Å². The minimum atomic E-state index is -0.490. The smallest absolute Gasteiger partial charge is 0.328 e. The Bertz CT molecular complexity index is 974. The van der Waals surface area contributed by atoms with Crippen LogP contribution in [0, 0.1) is 0 Å². The van der Waals surface area contributed by atoms with Crippen LogP contribution in [0.15, 0.2) is 27.9 Å². The standard InChI is InChI=1S/C19H24N6O3/c26-17-5-7-25(19(28)20-17)8-6-18(27)24-11-9-23(10-12-24)16-13-14-3-1-2-4-15(14)21-22-16/h5,7,13H,1-4,6,8-12H2,(H,20,26,28). The van der Waals surface area contributed by atoms with Gasteiger partial charge in [-0.25, -0.2) is 4.79 Å². The summed E-state index contributed by atoms with van der Waals surface area (Å²) in [7, 11) is 0. The van der Waals surface area contributed by atoms with Gasteiger partial charge in [-0.05, 0) is 37.3 Å². The summed E-state index contributed by atoms with van der Waals surface area (Å²) in [6.45, 7) is 2.94. The maximum Gasteiger partial charge on any atom is 0.328 e. The predicted molar refractivity (Wildman–Crippen MR) is 103 cm³/mol. The quantitative estimate of drug-likeness (QED) is 0.792. The second kappa shape index (κ2) is 7.95. The third kappa shape index (κ3) is 3.97. The van der Waals surface area contributed by atoms with Crippen molar-refractivity contribution in [2.45, 2.75) is 38.6 Å². The number of aromatic nitrogens is 4. The number of aryl methyl sites for hydroxylation is 3. The number of nitrogens with zero attached hydrogens (tertiary/aromatic N) is 5. The molecule has 1 amide bonds. The molecule has 28 heavy (non-hydrogen) atoms. The zero-order chi connectivity index (χ0) is 19.5. The Labute approximate surface area is 162 Å². The Morgan fingerprint density at radius 2 is 1.86 bits per heavy atom. The molecule has 1 saturated heterocycles. The van der Waals surface area contributed by atoms with Gasteiger partial charge in [-0.15, -0.1) is 5.10 Å². The molecular formula is C19H24N6O3. The average Bonchev–Trinajstić information content (AvgIpc) is 2.72. The molecule has 0 radical (unpaired) electrons. The Morgan fingerprint density at radius 3 is 2.64 bits per heavy atom. The van der Waals surface area contributed by atoms with Crippen LogP contribution in [-0.4, -0.2) is 56.7 Å². The van der Waals surface area contributed by atoms with Crippen LogP contribution >= 0.6 is 0 Å². The molecule has 2 aromatic heterocycles. The molecule has 3 heterocycles. The lowest BCUT2D eigenvalue weighted by Gasteiger charge is -2.35. The molecule has 0 bridgehead atoms. The number of aromatic amines is 1. The summed E-state index contributed by atoms with van der Waals surface area (Å²) in [5.41, 5.74) is 1.51. The van der Waals surface area contributed by atoms with E-state index in [2.05, 4.69) is 26.1 Å². The maximum atomic E-state index is 12.5. The van der Waals surface area contributed by atoms with E-state index in [0.29, 0.717) is 13.1 Å². The van der Waals surface area contributed by atoms with Gasteiger partial charge < -0.3 is 14.4 Å². The van der Waals surface area contributed by atoms with Crippen LogP contribution in [0.1, 0.15) is 30.5 Å². The molecule has 9 heteroatoms. The minimum Gasteiger partial charge on any atom is -0.352 e. The van der Waals surface area contributed by atoms with Crippen LogP contribution in [0.5, 0.6) is 0 Å². The lowest BCUT2D eigenvalue weighted by molar-refractivity contribution is -0.131. The zero-order valence-corrected chi connectivity index (χ0v) is 15.8. The Balaban J connectivity index is 1.31. The van der Waals surface area contributed by atoms with Gasteiger partial charge in [-0.2, -0.15) is 5.10 Å². The lowest BCUT2D eigenvalue weighted by atomic mass is 9.97. The van der Waals surface area contributed by atoms with Crippen molar-refractivity contribution < 1.29 is 4.79 Å². The van der Waals surface area contributed by atoms with E-state index in [1.54, 1.807) is 0 Å². The largest absolute Gasteiger partial charge is 0.352 e. The fraction of sp³-hybridized carbons (Fsp3) is 0.526. The van der Waals surface area contributed by atoms with Crippen molar-refractivity contribution in [1.29, 1.82) is 0 Å². The highest BCUT2D eigenvalue weighted by molar-refractivity contribution is 5.76. The highest BCUT2D eigenvalue weighted by Crippen LogP contribution is 2.23. The van der Waals surface area contributed by atoms with E-state index >= 15 is 0 Å². The third-order valence-corrected chi connectivity index (χ3v) is 5.48. The van der Waals surface area contributed by atoms with E-state index in [1.807, 2.05) is 4.90 Å². The van der Waals surface area contributed by atoms with Crippen molar-refractivity contribution in [3.05, 3.63) is 50.4 Å². The molecular weight excluding hydrogens is 360 g/mol. The first-order chi connectivity index (χ1) is 13.6. The van der Waals surface area contributed by atoms with Gasteiger partial charge in [0.05, 0.1) is 5.69 Å². The normalized spacial score (nSPS) is 16.7. The van der Waals surface area contributed by atoms with Gasteiger partial charge in [0.15, 0.2) is 5.82 Å². The number of H-pyrrole nitrogens is 1. The molecule has 0 unspecified atom stereocenters. The number of piperazine rings is 1. The van der Waals surface area contributed by atoms with Crippen LogP contribution in [0.3, 0.4) is 0 Å². The Kier molecular flexibility index (Phi) is 5.23. The van der Waals surface area contributed by atoms with E-state index < -0.39 is 11.2 Å². The summed E-state index contributed by atoms with van der Waals surface area (Å²) in [6.07, 6.45) is 6.13. The molecule has 1 fully saturated rings. The number of carbonyl (C=O) groups excluding carboxylic acids is 1. The second-order valence-corrected chi connectivity index (χ2v) is 7.30. The molecule has 1 aliphatic carbocycles. The minimum absolute atomic E-state index is 0.00859. The average molecular weight is 384 g/mol. The molecule has 4 rings (SSSR count). The molecule has 1 N–H and O–H groups in total. The summed E-state index contributed by atoms with van der Waals surface area (Å²) in [6, 6.07) is 3.44. The van der Waals surface area contributed by atoms with E-state index in [9.17, 15) is 14.4 Å². The first-order valence-electron chi connectivity index (χ1n) is 9.78. The van der Waals surface area contributed by atoms with E-state index in [1.165, 1.54) is 35.2 Å². The summed E-state index contributed by atoms with van der Waals surface area (Å²) < 4.78 is 1.35. The molecule has 9 nitrogen and oxygen atoms in total. The summed E-state index contributed by atoms with van der Waals surface area (Å²) in [5, 5.41) is 8.78. The van der Waals surface area contributed by atoms with Gasteiger partial charge in [0, 0.05) is 51.4 Å². The van der Waals surface area contributed by atoms with Crippen LogP contribution in [0.4, 0.5) is 5.82 Å². The number of anilines is 1. The third-order valence-electron chi connectivity index (χ3n) is 5.48. The van der Waals surface area contributed by atoms with Crippen molar-refractivity contribution in [2.24, 2.45) is 0 Å². The molecule has 1 aliphatic heterocycles. The number of rotatable bonds is 4. The van der Waals surface area contributed by atoms with Crippen LogP contribution < -0.4 is 16.1 Å². The van der Waals surface area contributed by atoms with Crippen LogP contribution in [0.2, 0.25) is 0 Å². The number of hydrogen-bond donors (Lipinski definition) is 1. The zero-order valence-electron chi connectivity index (χ0n) is 15.8. The van der Waals surface area contributed by atoms with Crippen LogP contribution in [0.25, 0.3) is 0 Å². The molecule has 0 atom stereocenters. The van der Waals surface area contributed by atoms with Crippen molar-refractivity contribution >= 4 is 11.7 Å². The second-order valence-electron chi connectivity index (χ2n) is 7.30. The topological polar surface area (TPSA) is 104 Å². The number of fused-ring (bicyclic) bond motifs is 1. The molecule has 0 aromatic carbocycles. The van der Waals surface area contributed by atoms with E-state index in [0.717, 1.165) is 37.4 Å². The highest BCUT2D eigenvalue weighted by atomic mass is 16.2. The Hall–Kier alpha value is -2.97. The number of amides is 1.